The smallest absolute Gasteiger partial charge is 0.255 e. The minimum absolute atomic E-state index is 0.0462. The van der Waals surface area contributed by atoms with Gasteiger partial charge in [0.2, 0.25) is 5.91 Å². The van der Waals surface area contributed by atoms with E-state index in [-0.39, 0.29) is 17.9 Å². The molecule has 126 valence electrons. The lowest BCUT2D eigenvalue weighted by Gasteiger charge is -2.28. The average Bonchev–Trinajstić information content (AvgIpc) is 3.09. The Kier molecular flexibility index (Phi) is 4.55. The maximum atomic E-state index is 12.4. The first-order chi connectivity index (χ1) is 11.5. The summed E-state index contributed by atoms with van der Waals surface area (Å²) >= 11 is 0. The summed E-state index contributed by atoms with van der Waals surface area (Å²) in [7, 11) is 0. The van der Waals surface area contributed by atoms with E-state index in [1.165, 1.54) is 18.1 Å². The van der Waals surface area contributed by atoms with E-state index in [2.05, 4.69) is 10.6 Å². The van der Waals surface area contributed by atoms with Gasteiger partial charge in [0.25, 0.3) is 5.91 Å². The van der Waals surface area contributed by atoms with Crippen LogP contribution in [0.25, 0.3) is 0 Å². The Morgan fingerprint density at radius 3 is 2.92 bits per heavy atom. The van der Waals surface area contributed by atoms with Gasteiger partial charge in [-0.1, -0.05) is 6.07 Å². The molecule has 2 aromatic rings. The van der Waals surface area contributed by atoms with Gasteiger partial charge in [0, 0.05) is 5.69 Å². The van der Waals surface area contributed by atoms with Crippen LogP contribution in [-0.2, 0) is 11.2 Å². The summed E-state index contributed by atoms with van der Waals surface area (Å²) in [5.74, 6) is -0.537. The van der Waals surface area contributed by atoms with E-state index >= 15 is 0 Å². The van der Waals surface area contributed by atoms with Crippen LogP contribution >= 0.6 is 0 Å². The van der Waals surface area contributed by atoms with Crippen molar-refractivity contribution in [2.75, 3.05) is 5.73 Å². The molecule has 1 aromatic heterocycles. The molecule has 24 heavy (non-hydrogen) atoms. The number of hydrogen-bond donors (Lipinski definition) is 3. The molecule has 1 aliphatic carbocycles. The lowest BCUT2D eigenvalue weighted by Crippen LogP contribution is -2.46. The van der Waals surface area contributed by atoms with Crippen molar-refractivity contribution in [1.29, 1.82) is 0 Å². The Labute approximate surface area is 140 Å². The number of rotatable bonds is 4. The molecule has 0 radical (unpaired) electrons. The van der Waals surface area contributed by atoms with Crippen LogP contribution in [0.15, 0.2) is 41.2 Å². The van der Waals surface area contributed by atoms with Gasteiger partial charge in [0.05, 0.1) is 17.9 Å². The van der Waals surface area contributed by atoms with E-state index in [0.717, 1.165) is 30.5 Å². The van der Waals surface area contributed by atoms with Crippen molar-refractivity contribution >= 4 is 17.5 Å². The topological polar surface area (TPSA) is 97.4 Å². The molecule has 1 aromatic carbocycles. The fraction of sp³-hybridized carbons (Fsp3) is 0.333. The number of hydrogen-bond acceptors (Lipinski definition) is 4. The predicted octanol–water partition coefficient (Wildman–Crippen LogP) is 2.17. The highest BCUT2D eigenvalue weighted by atomic mass is 16.3. The highest BCUT2D eigenvalue weighted by molar-refractivity contribution is 5.97. The number of carbonyl (C=O) groups is 2. The number of fused-ring (bicyclic) bond motifs is 1. The zero-order valence-corrected chi connectivity index (χ0v) is 13.5. The summed E-state index contributed by atoms with van der Waals surface area (Å²) in [6, 6.07) is 6.68. The summed E-state index contributed by atoms with van der Waals surface area (Å²) < 4.78 is 4.88. The minimum Gasteiger partial charge on any atom is -0.472 e. The molecule has 1 aliphatic rings. The third kappa shape index (κ3) is 3.42. The number of aryl methyl sites for hydroxylation is 1. The highest BCUT2D eigenvalue weighted by Gasteiger charge is 2.25. The summed E-state index contributed by atoms with van der Waals surface area (Å²) in [6.07, 6.45) is 5.62. The molecule has 0 spiro atoms. The van der Waals surface area contributed by atoms with Crippen LogP contribution in [-0.4, -0.2) is 17.9 Å². The van der Waals surface area contributed by atoms with Crippen LogP contribution in [0.1, 0.15) is 47.3 Å². The summed E-state index contributed by atoms with van der Waals surface area (Å²) in [5, 5.41) is 5.70. The van der Waals surface area contributed by atoms with Crippen LogP contribution in [0.2, 0.25) is 0 Å². The van der Waals surface area contributed by atoms with E-state index in [1.54, 1.807) is 13.0 Å². The number of nitrogens with one attached hydrogen (secondary N) is 2. The van der Waals surface area contributed by atoms with Crippen LogP contribution in [0.3, 0.4) is 0 Å². The first kappa shape index (κ1) is 16.1. The van der Waals surface area contributed by atoms with Gasteiger partial charge in [-0.25, -0.2) is 0 Å². The maximum absolute atomic E-state index is 12.4. The van der Waals surface area contributed by atoms with Gasteiger partial charge in [-0.2, -0.15) is 0 Å². The van der Waals surface area contributed by atoms with Gasteiger partial charge in [-0.3, -0.25) is 9.59 Å². The number of amides is 2. The van der Waals surface area contributed by atoms with Gasteiger partial charge < -0.3 is 20.8 Å². The van der Waals surface area contributed by atoms with Crippen LogP contribution < -0.4 is 16.4 Å². The van der Waals surface area contributed by atoms with Crippen molar-refractivity contribution in [1.82, 2.24) is 10.6 Å². The minimum atomic E-state index is -0.633. The van der Waals surface area contributed by atoms with Crippen LogP contribution in [0.4, 0.5) is 5.69 Å². The third-order valence-corrected chi connectivity index (χ3v) is 4.32. The molecule has 0 bridgehead atoms. The molecule has 0 saturated heterocycles. The molecule has 0 aliphatic heterocycles. The van der Waals surface area contributed by atoms with Crippen LogP contribution in [0, 0.1) is 0 Å². The Morgan fingerprint density at radius 2 is 2.17 bits per heavy atom. The second kappa shape index (κ2) is 6.78. The van der Waals surface area contributed by atoms with Crippen molar-refractivity contribution < 1.29 is 14.0 Å². The quantitative estimate of drug-likeness (QED) is 0.750. The maximum Gasteiger partial charge on any atom is 0.255 e. The number of benzene rings is 1. The summed E-state index contributed by atoms with van der Waals surface area (Å²) in [4.78, 5) is 24.4. The monoisotopic (exact) mass is 327 g/mol. The van der Waals surface area contributed by atoms with Crippen molar-refractivity contribution in [3.05, 3.63) is 53.5 Å². The molecule has 0 fully saturated rings. The Hall–Kier alpha value is -2.76. The first-order valence-electron chi connectivity index (χ1n) is 8.06. The fourth-order valence-electron chi connectivity index (χ4n) is 3.02. The summed E-state index contributed by atoms with van der Waals surface area (Å²) in [6.45, 7) is 1.67. The van der Waals surface area contributed by atoms with E-state index in [0.29, 0.717) is 5.56 Å². The number of nitrogens with two attached hydrogens (primary N) is 1. The summed E-state index contributed by atoms with van der Waals surface area (Å²) in [5.41, 5.74) is 9.26. The second-order valence-corrected chi connectivity index (χ2v) is 6.12. The molecule has 0 saturated carbocycles. The third-order valence-electron chi connectivity index (χ3n) is 4.32. The predicted molar refractivity (Wildman–Crippen MR) is 90.3 cm³/mol. The lowest BCUT2D eigenvalue weighted by molar-refractivity contribution is -0.123. The van der Waals surface area contributed by atoms with Gasteiger partial charge in [-0.05, 0) is 55.5 Å². The number of furan rings is 1. The molecular weight excluding hydrogens is 306 g/mol. The van der Waals surface area contributed by atoms with E-state index < -0.39 is 6.04 Å². The molecule has 2 atom stereocenters. The normalized spacial score (nSPS) is 17.6. The van der Waals surface area contributed by atoms with Crippen molar-refractivity contribution in [3.8, 4) is 0 Å². The zero-order valence-electron chi connectivity index (χ0n) is 13.5. The number of anilines is 1. The molecule has 6 heteroatoms. The van der Waals surface area contributed by atoms with E-state index in [1.807, 2.05) is 18.2 Å². The average molecular weight is 327 g/mol. The fourth-order valence-corrected chi connectivity index (χ4v) is 3.02. The van der Waals surface area contributed by atoms with Crippen LogP contribution in [0.5, 0.6) is 0 Å². The highest BCUT2D eigenvalue weighted by Crippen LogP contribution is 2.30. The Balaban J connectivity index is 1.64. The van der Waals surface area contributed by atoms with Crippen molar-refractivity contribution in [2.24, 2.45) is 0 Å². The van der Waals surface area contributed by atoms with Gasteiger partial charge in [0.15, 0.2) is 0 Å². The molecule has 1 heterocycles. The molecule has 3 rings (SSSR count). The zero-order chi connectivity index (χ0) is 17.1. The SMILES string of the molecule is CC(NC(=O)c1ccoc1)C(=O)NC1CCCc2cc(N)ccc21. The van der Waals surface area contributed by atoms with E-state index in [4.69, 9.17) is 10.2 Å². The molecule has 2 amide bonds. The first-order valence-corrected chi connectivity index (χ1v) is 8.06. The standard InChI is InChI=1S/C18H21N3O3/c1-11(20-18(23)13-7-8-24-10-13)17(22)21-16-4-2-3-12-9-14(19)5-6-15(12)16/h5-11,16H,2-4,19H2,1H3,(H,20,23)(H,21,22). The van der Waals surface area contributed by atoms with Gasteiger partial charge >= 0.3 is 0 Å². The molecule has 2 unspecified atom stereocenters. The van der Waals surface area contributed by atoms with Crippen molar-refractivity contribution in [2.45, 2.75) is 38.3 Å². The lowest BCUT2D eigenvalue weighted by atomic mass is 9.87. The Morgan fingerprint density at radius 1 is 1.33 bits per heavy atom. The van der Waals surface area contributed by atoms with E-state index in [9.17, 15) is 9.59 Å². The van der Waals surface area contributed by atoms with Gasteiger partial charge in [0.1, 0.15) is 12.3 Å². The number of nitrogen functional groups attached to an aromatic ring is 1. The van der Waals surface area contributed by atoms with Crippen molar-refractivity contribution in [3.63, 3.8) is 0 Å². The van der Waals surface area contributed by atoms with Gasteiger partial charge in [-0.15, -0.1) is 0 Å². The largest absolute Gasteiger partial charge is 0.472 e. The molecule has 4 N–H and O–H groups in total. The Bertz CT molecular complexity index is 740. The second-order valence-electron chi connectivity index (χ2n) is 6.12. The number of carbonyl (C=O) groups excluding carboxylic acids is 2. The molecule has 6 nitrogen and oxygen atoms in total. The molecular formula is C18H21N3O3.